The van der Waals surface area contributed by atoms with E-state index >= 15 is 0 Å². The Balaban J connectivity index is 2.01. The van der Waals surface area contributed by atoms with Crippen LogP contribution in [0.1, 0.15) is 63.9 Å². The zero-order valence-corrected chi connectivity index (χ0v) is 15.3. The lowest BCUT2D eigenvalue weighted by molar-refractivity contribution is 0.414. The minimum Gasteiger partial charge on any atom is -0.423 e. The number of unbranched alkanes of at least 4 members (excludes halogenated alkanes) is 7. The van der Waals surface area contributed by atoms with Gasteiger partial charge in [-0.2, -0.15) is 0 Å². The third-order valence-corrected chi connectivity index (χ3v) is 6.96. The van der Waals surface area contributed by atoms with Crippen LogP contribution >= 0.6 is 0 Å². The number of rotatable bonds is 13. The summed E-state index contributed by atoms with van der Waals surface area (Å²) < 4.78 is 5.77. The van der Waals surface area contributed by atoms with Gasteiger partial charge in [0.25, 0.3) is 0 Å². The lowest BCUT2D eigenvalue weighted by Crippen LogP contribution is -2.16. The van der Waals surface area contributed by atoms with E-state index in [1.165, 1.54) is 75.4 Å². The van der Waals surface area contributed by atoms with Crippen molar-refractivity contribution >= 4 is 9.04 Å². The molecule has 120 valence electrons. The van der Waals surface area contributed by atoms with Gasteiger partial charge in [0.15, 0.2) is 9.04 Å². The van der Waals surface area contributed by atoms with Crippen LogP contribution in [0, 0.1) is 0 Å². The maximum atomic E-state index is 5.77. The molecule has 1 unspecified atom stereocenters. The summed E-state index contributed by atoms with van der Waals surface area (Å²) in [5.74, 6) is 0. The first-order valence-corrected chi connectivity index (χ1v) is 11.0. The summed E-state index contributed by atoms with van der Waals surface area (Å²) in [6, 6.07) is 13.5. The highest BCUT2D eigenvalue weighted by Gasteiger charge is 2.09. The molecule has 0 amide bonds. The molecule has 1 nitrogen and oxygen atoms in total. The standard InChI is InChI=1S/C19H34OSi/c1-3-4-5-6-7-8-9-13-17-21(20-2)18-16-19-14-11-10-12-15-19/h10-12,14-15,21H,3-9,13,16-18H2,1-2H3. The Hall–Kier alpha value is -0.603. The van der Waals surface area contributed by atoms with Crippen LogP contribution in [0.15, 0.2) is 30.3 Å². The van der Waals surface area contributed by atoms with Gasteiger partial charge < -0.3 is 4.43 Å². The Morgan fingerprint density at radius 1 is 0.810 bits per heavy atom. The van der Waals surface area contributed by atoms with Crippen LogP contribution in [0.4, 0.5) is 0 Å². The highest BCUT2D eigenvalue weighted by Crippen LogP contribution is 2.14. The quantitative estimate of drug-likeness (QED) is 0.333. The Labute approximate surface area is 133 Å². The van der Waals surface area contributed by atoms with E-state index in [1.54, 1.807) is 0 Å². The van der Waals surface area contributed by atoms with Gasteiger partial charge in [-0.1, -0.05) is 88.6 Å². The zero-order chi connectivity index (χ0) is 15.2. The van der Waals surface area contributed by atoms with Gasteiger partial charge in [-0.25, -0.2) is 0 Å². The average Bonchev–Trinajstić information content (AvgIpc) is 2.54. The first-order chi connectivity index (χ1) is 10.4. The molecule has 0 spiro atoms. The molecule has 0 saturated carbocycles. The molecule has 1 atom stereocenters. The van der Waals surface area contributed by atoms with Crippen molar-refractivity contribution in [2.45, 2.75) is 76.8 Å². The molecule has 0 aromatic heterocycles. The average molecular weight is 307 g/mol. The number of hydrogen-bond donors (Lipinski definition) is 0. The van der Waals surface area contributed by atoms with Crippen LogP contribution in [0.5, 0.6) is 0 Å². The van der Waals surface area contributed by atoms with Gasteiger partial charge >= 0.3 is 0 Å². The number of aryl methyl sites for hydroxylation is 1. The molecular weight excluding hydrogens is 272 g/mol. The molecule has 1 aromatic rings. The van der Waals surface area contributed by atoms with E-state index in [1.807, 2.05) is 7.11 Å². The zero-order valence-electron chi connectivity index (χ0n) is 14.2. The smallest absolute Gasteiger partial charge is 0.176 e. The van der Waals surface area contributed by atoms with Crippen LogP contribution in [-0.2, 0) is 10.8 Å². The van der Waals surface area contributed by atoms with E-state index in [-0.39, 0.29) is 0 Å². The van der Waals surface area contributed by atoms with Crippen LogP contribution in [0.2, 0.25) is 12.1 Å². The van der Waals surface area contributed by atoms with E-state index in [4.69, 9.17) is 4.43 Å². The summed E-state index contributed by atoms with van der Waals surface area (Å²) in [4.78, 5) is 0. The summed E-state index contributed by atoms with van der Waals surface area (Å²) in [5.41, 5.74) is 1.46. The molecule has 0 heterocycles. The molecule has 2 heteroatoms. The molecule has 0 saturated heterocycles. The molecule has 0 N–H and O–H groups in total. The van der Waals surface area contributed by atoms with Crippen molar-refractivity contribution in [3.8, 4) is 0 Å². The second-order valence-electron chi connectivity index (χ2n) is 6.15. The number of benzene rings is 1. The van der Waals surface area contributed by atoms with Crippen molar-refractivity contribution < 1.29 is 4.43 Å². The van der Waals surface area contributed by atoms with Crippen molar-refractivity contribution in [2.75, 3.05) is 7.11 Å². The molecule has 0 fully saturated rings. The Kier molecular flexibility index (Phi) is 11.5. The van der Waals surface area contributed by atoms with E-state index < -0.39 is 9.04 Å². The summed E-state index contributed by atoms with van der Waals surface area (Å²) in [6.45, 7) is 2.28. The fraction of sp³-hybridized carbons (Fsp3) is 0.684. The maximum absolute atomic E-state index is 5.77. The Morgan fingerprint density at radius 3 is 2.05 bits per heavy atom. The molecular formula is C19H34OSi. The summed E-state index contributed by atoms with van der Waals surface area (Å²) >= 11 is 0. The van der Waals surface area contributed by atoms with E-state index in [0.29, 0.717) is 0 Å². The molecule has 0 aliphatic carbocycles. The van der Waals surface area contributed by atoms with Gasteiger partial charge in [0.2, 0.25) is 0 Å². The molecule has 0 aliphatic heterocycles. The lowest BCUT2D eigenvalue weighted by atomic mass is 10.1. The van der Waals surface area contributed by atoms with Crippen molar-refractivity contribution in [3.63, 3.8) is 0 Å². The maximum Gasteiger partial charge on any atom is 0.176 e. The normalized spacial score (nSPS) is 12.5. The first kappa shape index (κ1) is 18.4. The molecule has 0 radical (unpaired) electrons. The lowest BCUT2D eigenvalue weighted by Gasteiger charge is -2.13. The second kappa shape index (κ2) is 13.1. The minimum absolute atomic E-state index is 0.953. The van der Waals surface area contributed by atoms with Crippen LogP contribution in [0.3, 0.4) is 0 Å². The molecule has 0 aliphatic rings. The van der Waals surface area contributed by atoms with Crippen molar-refractivity contribution in [3.05, 3.63) is 35.9 Å². The predicted molar refractivity (Wildman–Crippen MR) is 96.5 cm³/mol. The fourth-order valence-corrected chi connectivity index (χ4v) is 5.02. The molecule has 1 rings (SSSR count). The third-order valence-electron chi connectivity index (χ3n) is 4.31. The Morgan fingerprint density at radius 2 is 1.43 bits per heavy atom. The predicted octanol–water partition coefficient (Wildman–Crippen LogP) is 5.74. The fourth-order valence-electron chi connectivity index (χ4n) is 2.86. The summed E-state index contributed by atoms with van der Waals surface area (Å²) in [5, 5.41) is 0. The van der Waals surface area contributed by atoms with Gasteiger partial charge in [0.05, 0.1) is 0 Å². The minimum atomic E-state index is -0.953. The van der Waals surface area contributed by atoms with E-state index in [2.05, 4.69) is 37.3 Å². The van der Waals surface area contributed by atoms with E-state index in [9.17, 15) is 0 Å². The highest BCUT2D eigenvalue weighted by atomic mass is 28.3. The second-order valence-corrected chi connectivity index (χ2v) is 9.02. The van der Waals surface area contributed by atoms with Gasteiger partial charge in [-0.05, 0) is 24.1 Å². The van der Waals surface area contributed by atoms with Gasteiger partial charge in [0.1, 0.15) is 0 Å². The third kappa shape index (κ3) is 9.86. The SMILES string of the molecule is CCCCCCCCCC[SiH](CCc1ccccc1)OC. The van der Waals surface area contributed by atoms with Crippen molar-refractivity contribution in [1.29, 1.82) is 0 Å². The molecule has 21 heavy (non-hydrogen) atoms. The molecule has 1 aromatic carbocycles. The largest absolute Gasteiger partial charge is 0.423 e. The summed E-state index contributed by atoms with van der Waals surface area (Å²) in [7, 11) is 0.971. The number of hydrogen-bond acceptors (Lipinski definition) is 1. The highest BCUT2D eigenvalue weighted by molar-refractivity contribution is 6.51. The summed E-state index contributed by atoms with van der Waals surface area (Å²) in [6.07, 6.45) is 12.5. The van der Waals surface area contributed by atoms with Gasteiger partial charge in [-0.3, -0.25) is 0 Å². The monoisotopic (exact) mass is 306 g/mol. The van der Waals surface area contributed by atoms with Crippen LogP contribution < -0.4 is 0 Å². The van der Waals surface area contributed by atoms with E-state index in [0.717, 1.165) is 0 Å². The molecule has 0 bridgehead atoms. The van der Waals surface area contributed by atoms with Crippen molar-refractivity contribution in [1.82, 2.24) is 0 Å². The van der Waals surface area contributed by atoms with Crippen LogP contribution in [-0.4, -0.2) is 16.2 Å². The van der Waals surface area contributed by atoms with Gasteiger partial charge in [0, 0.05) is 7.11 Å². The topological polar surface area (TPSA) is 9.23 Å². The van der Waals surface area contributed by atoms with Gasteiger partial charge in [-0.15, -0.1) is 0 Å². The first-order valence-electron chi connectivity index (χ1n) is 8.93. The van der Waals surface area contributed by atoms with Crippen molar-refractivity contribution in [2.24, 2.45) is 0 Å². The Bertz CT molecular complexity index is 326. The van der Waals surface area contributed by atoms with Crippen LogP contribution in [0.25, 0.3) is 0 Å².